The number of benzene rings is 2. The number of oxazole rings is 2. The minimum Gasteiger partial charge on any atom is -0.440 e. The lowest BCUT2D eigenvalue weighted by atomic mass is 9.93. The highest BCUT2D eigenvalue weighted by atomic mass is 16.4. The number of aromatic nitrogens is 2. The van der Waals surface area contributed by atoms with Crippen LogP contribution in [0.2, 0.25) is 0 Å². The van der Waals surface area contributed by atoms with Crippen molar-refractivity contribution in [1.82, 2.24) is 9.97 Å². The Bertz CT molecular complexity index is 942. The van der Waals surface area contributed by atoms with E-state index >= 15 is 0 Å². The fourth-order valence-corrected chi connectivity index (χ4v) is 2.69. The van der Waals surface area contributed by atoms with Crippen LogP contribution in [0.3, 0.4) is 0 Å². The van der Waals surface area contributed by atoms with Crippen LogP contribution in [0.25, 0.3) is 22.2 Å². The van der Waals surface area contributed by atoms with E-state index in [0.717, 1.165) is 33.3 Å². The zero-order valence-electron chi connectivity index (χ0n) is 13.7. The van der Waals surface area contributed by atoms with Crippen LogP contribution in [0.5, 0.6) is 0 Å². The second-order valence-corrected chi connectivity index (χ2v) is 6.61. The molecule has 4 rings (SSSR count). The Morgan fingerprint density at radius 3 is 1.61 bits per heavy atom. The van der Waals surface area contributed by atoms with Crippen molar-refractivity contribution in [2.45, 2.75) is 33.1 Å². The molecular formula is C19H18N2O2. The summed E-state index contributed by atoms with van der Waals surface area (Å²) in [5.74, 6) is 1.22. The Labute approximate surface area is 134 Å². The largest absolute Gasteiger partial charge is 0.440 e. The van der Waals surface area contributed by atoms with Crippen molar-refractivity contribution in [3.05, 3.63) is 59.3 Å². The molecule has 116 valence electrons. The van der Waals surface area contributed by atoms with Crippen LogP contribution >= 0.6 is 0 Å². The Kier molecular flexibility index (Phi) is 2.85. The molecule has 0 saturated carbocycles. The van der Waals surface area contributed by atoms with E-state index < -0.39 is 5.41 Å². The number of hydrogen-bond donors (Lipinski definition) is 0. The highest BCUT2D eigenvalue weighted by molar-refractivity contribution is 5.75. The summed E-state index contributed by atoms with van der Waals surface area (Å²) in [6, 6.07) is 12.0. The molecule has 4 nitrogen and oxygen atoms in total. The molecule has 2 aromatic heterocycles. The van der Waals surface area contributed by atoms with E-state index in [1.165, 1.54) is 0 Å². The SMILES string of the molecule is Cc1ccc2nc(C(C)(C)c3nc4ccc(C)cc4o3)oc2c1. The molecule has 4 heteroatoms. The summed E-state index contributed by atoms with van der Waals surface area (Å²) in [6.07, 6.45) is 0. The fraction of sp³-hybridized carbons (Fsp3) is 0.263. The summed E-state index contributed by atoms with van der Waals surface area (Å²) in [6.45, 7) is 8.11. The average Bonchev–Trinajstić information content (AvgIpc) is 3.10. The molecule has 0 spiro atoms. The Morgan fingerprint density at radius 1 is 0.739 bits per heavy atom. The third-order valence-corrected chi connectivity index (χ3v) is 4.16. The van der Waals surface area contributed by atoms with E-state index in [1.54, 1.807) is 0 Å². The molecule has 2 heterocycles. The van der Waals surface area contributed by atoms with Crippen LogP contribution < -0.4 is 0 Å². The lowest BCUT2D eigenvalue weighted by Crippen LogP contribution is -2.19. The number of rotatable bonds is 2. The van der Waals surface area contributed by atoms with Crippen LogP contribution in [0.1, 0.15) is 36.8 Å². The van der Waals surface area contributed by atoms with Crippen molar-refractivity contribution < 1.29 is 8.83 Å². The maximum absolute atomic E-state index is 5.98. The van der Waals surface area contributed by atoms with E-state index in [0.29, 0.717) is 11.8 Å². The molecular weight excluding hydrogens is 288 g/mol. The zero-order chi connectivity index (χ0) is 16.2. The maximum Gasteiger partial charge on any atom is 0.210 e. The van der Waals surface area contributed by atoms with Crippen molar-refractivity contribution in [3.63, 3.8) is 0 Å². The third kappa shape index (κ3) is 2.22. The van der Waals surface area contributed by atoms with Gasteiger partial charge in [-0.1, -0.05) is 12.1 Å². The van der Waals surface area contributed by atoms with Gasteiger partial charge in [0.2, 0.25) is 11.8 Å². The van der Waals surface area contributed by atoms with Gasteiger partial charge < -0.3 is 8.83 Å². The van der Waals surface area contributed by atoms with Crippen LogP contribution in [0.15, 0.2) is 45.2 Å². The van der Waals surface area contributed by atoms with E-state index in [1.807, 2.05) is 64.1 Å². The minimum absolute atomic E-state index is 0.542. The summed E-state index contributed by atoms with van der Waals surface area (Å²) in [7, 11) is 0. The molecule has 0 aliphatic heterocycles. The lowest BCUT2D eigenvalue weighted by molar-refractivity contribution is 0.360. The van der Waals surface area contributed by atoms with Gasteiger partial charge in [0.05, 0.1) is 0 Å². The van der Waals surface area contributed by atoms with Crippen molar-refractivity contribution in [1.29, 1.82) is 0 Å². The first-order valence-corrected chi connectivity index (χ1v) is 7.69. The Hall–Kier alpha value is -2.62. The van der Waals surface area contributed by atoms with Crippen molar-refractivity contribution in [3.8, 4) is 0 Å². The molecule has 0 atom stereocenters. The standard InChI is InChI=1S/C19H18N2O2/c1-11-5-7-13-15(9-11)22-17(20-13)19(3,4)18-21-14-8-6-12(2)10-16(14)23-18/h5-10H,1-4H3. The van der Waals surface area contributed by atoms with Crippen molar-refractivity contribution >= 4 is 22.2 Å². The second-order valence-electron chi connectivity index (χ2n) is 6.61. The normalized spacial score (nSPS) is 12.3. The smallest absolute Gasteiger partial charge is 0.210 e. The summed E-state index contributed by atoms with van der Waals surface area (Å²) in [4.78, 5) is 9.25. The maximum atomic E-state index is 5.98. The molecule has 0 radical (unpaired) electrons. The first-order chi connectivity index (χ1) is 10.9. The first-order valence-electron chi connectivity index (χ1n) is 7.69. The van der Waals surface area contributed by atoms with E-state index in [-0.39, 0.29) is 0 Å². The number of fused-ring (bicyclic) bond motifs is 2. The van der Waals surface area contributed by atoms with Crippen LogP contribution in [-0.4, -0.2) is 9.97 Å². The van der Waals surface area contributed by atoms with Gasteiger partial charge in [-0.15, -0.1) is 0 Å². The molecule has 0 unspecified atom stereocenters. The van der Waals surface area contributed by atoms with Gasteiger partial charge in [-0.3, -0.25) is 0 Å². The average molecular weight is 306 g/mol. The fourth-order valence-electron chi connectivity index (χ4n) is 2.69. The molecule has 0 bridgehead atoms. The first kappa shape index (κ1) is 14.0. The zero-order valence-corrected chi connectivity index (χ0v) is 13.7. The van der Waals surface area contributed by atoms with Crippen LogP contribution in [0, 0.1) is 13.8 Å². The van der Waals surface area contributed by atoms with E-state index in [9.17, 15) is 0 Å². The highest BCUT2D eigenvalue weighted by Crippen LogP contribution is 2.34. The predicted molar refractivity (Wildman–Crippen MR) is 89.6 cm³/mol. The Morgan fingerprint density at radius 2 is 1.17 bits per heavy atom. The molecule has 2 aromatic carbocycles. The molecule has 0 saturated heterocycles. The number of aryl methyl sites for hydroxylation is 2. The second kappa shape index (κ2) is 4.69. The van der Waals surface area contributed by atoms with Gasteiger partial charge in [0.25, 0.3) is 0 Å². The van der Waals surface area contributed by atoms with Crippen molar-refractivity contribution in [2.75, 3.05) is 0 Å². The molecule has 0 amide bonds. The monoisotopic (exact) mass is 306 g/mol. The number of nitrogens with zero attached hydrogens (tertiary/aromatic N) is 2. The number of hydrogen-bond acceptors (Lipinski definition) is 4. The molecule has 0 aliphatic carbocycles. The van der Waals surface area contributed by atoms with Gasteiger partial charge >= 0.3 is 0 Å². The van der Waals surface area contributed by atoms with Gasteiger partial charge in [-0.25, -0.2) is 9.97 Å². The summed E-state index contributed by atoms with van der Waals surface area (Å²) < 4.78 is 12.0. The Balaban J connectivity index is 1.85. The highest BCUT2D eigenvalue weighted by Gasteiger charge is 2.34. The summed E-state index contributed by atoms with van der Waals surface area (Å²) in [5, 5.41) is 0. The van der Waals surface area contributed by atoms with E-state index in [4.69, 9.17) is 8.83 Å². The quantitative estimate of drug-likeness (QED) is 0.528. The van der Waals surface area contributed by atoms with Gasteiger partial charge in [0, 0.05) is 0 Å². The van der Waals surface area contributed by atoms with Crippen LogP contribution in [0.4, 0.5) is 0 Å². The van der Waals surface area contributed by atoms with Gasteiger partial charge in [-0.05, 0) is 63.1 Å². The molecule has 0 N–H and O–H groups in total. The van der Waals surface area contributed by atoms with Crippen molar-refractivity contribution in [2.24, 2.45) is 0 Å². The van der Waals surface area contributed by atoms with Crippen LogP contribution in [-0.2, 0) is 5.41 Å². The van der Waals surface area contributed by atoms with Gasteiger partial charge in [0.1, 0.15) is 16.4 Å². The molecule has 0 aliphatic rings. The van der Waals surface area contributed by atoms with E-state index in [2.05, 4.69) is 9.97 Å². The topological polar surface area (TPSA) is 52.1 Å². The van der Waals surface area contributed by atoms with Gasteiger partial charge in [0.15, 0.2) is 11.2 Å². The lowest BCUT2D eigenvalue weighted by Gasteiger charge is -2.15. The molecule has 23 heavy (non-hydrogen) atoms. The molecule has 0 fully saturated rings. The molecule has 4 aromatic rings. The minimum atomic E-state index is -0.542. The van der Waals surface area contributed by atoms with Gasteiger partial charge in [-0.2, -0.15) is 0 Å². The summed E-state index contributed by atoms with van der Waals surface area (Å²) >= 11 is 0. The summed E-state index contributed by atoms with van der Waals surface area (Å²) in [5.41, 5.74) is 5.04. The predicted octanol–water partition coefficient (Wildman–Crippen LogP) is 4.91. The third-order valence-electron chi connectivity index (χ3n) is 4.16.